The lowest BCUT2D eigenvalue weighted by atomic mass is 10.1. The molecule has 2 rings (SSSR count). The fourth-order valence-electron chi connectivity index (χ4n) is 2.30. The standard InChI is InChI=1S/C20H25FN2O3/c1-14(2)13-26-16-7-5-6-15(10-16)11-22-20(25)23-12-19(24)17-8-3-4-9-18(17)21/h3-10,14,19,24H,11-13H2,1-2H3,(H2,22,23,25). The summed E-state index contributed by atoms with van der Waals surface area (Å²) in [6.07, 6.45) is -1.10. The van der Waals surface area contributed by atoms with E-state index in [9.17, 15) is 14.3 Å². The summed E-state index contributed by atoms with van der Waals surface area (Å²) >= 11 is 0. The van der Waals surface area contributed by atoms with Crippen molar-refractivity contribution in [2.75, 3.05) is 13.2 Å². The molecule has 0 aliphatic heterocycles. The van der Waals surface area contributed by atoms with Gasteiger partial charge in [0.15, 0.2) is 0 Å². The number of carbonyl (C=O) groups is 1. The van der Waals surface area contributed by atoms with Gasteiger partial charge in [-0.15, -0.1) is 0 Å². The van der Waals surface area contributed by atoms with E-state index in [2.05, 4.69) is 24.5 Å². The van der Waals surface area contributed by atoms with Gasteiger partial charge in [-0.3, -0.25) is 0 Å². The number of nitrogens with one attached hydrogen (secondary N) is 2. The van der Waals surface area contributed by atoms with Crippen molar-refractivity contribution in [3.63, 3.8) is 0 Å². The Morgan fingerprint density at radius 1 is 1.15 bits per heavy atom. The molecule has 0 bridgehead atoms. The molecule has 0 heterocycles. The van der Waals surface area contributed by atoms with E-state index in [0.29, 0.717) is 19.1 Å². The fraction of sp³-hybridized carbons (Fsp3) is 0.350. The number of urea groups is 1. The highest BCUT2D eigenvalue weighted by molar-refractivity contribution is 5.73. The van der Waals surface area contributed by atoms with Crippen molar-refractivity contribution >= 4 is 6.03 Å². The van der Waals surface area contributed by atoms with Crippen molar-refractivity contribution in [3.05, 3.63) is 65.5 Å². The Morgan fingerprint density at radius 2 is 1.92 bits per heavy atom. The second kappa shape index (κ2) is 9.77. The van der Waals surface area contributed by atoms with Gasteiger partial charge in [-0.05, 0) is 29.7 Å². The van der Waals surface area contributed by atoms with Crippen LogP contribution in [0.2, 0.25) is 0 Å². The maximum Gasteiger partial charge on any atom is 0.315 e. The number of hydrogen-bond donors (Lipinski definition) is 3. The van der Waals surface area contributed by atoms with E-state index in [0.717, 1.165) is 11.3 Å². The van der Waals surface area contributed by atoms with Crippen LogP contribution in [0.1, 0.15) is 31.1 Å². The Balaban J connectivity index is 1.78. The van der Waals surface area contributed by atoms with Crippen LogP contribution in [0.5, 0.6) is 5.75 Å². The molecular formula is C20H25FN2O3. The molecule has 0 fully saturated rings. The molecule has 140 valence electrons. The first-order valence-electron chi connectivity index (χ1n) is 8.61. The highest BCUT2D eigenvalue weighted by Gasteiger charge is 2.13. The van der Waals surface area contributed by atoms with E-state index in [4.69, 9.17) is 4.74 Å². The van der Waals surface area contributed by atoms with Gasteiger partial charge in [0, 0.05) is 18.7 Å². The molecule has 0 aliphatic rings. The number of aliphatic hydroxyl groups excluding tert-OH is 1. The van der Waals surface area contributed by atoms with Crippen molar-refractivity contribution in [2.24, 2.45) is 5.92 Å². The first-order chi connectivity index (χ1) is 12.5. The lowest BCUT2D eigenvalue weighted by molar-refractivity contribution is 0.169. The molecule has 2 aromatic rings. The summed E-state index contributed by atoms with van der Waals surface area (Å²) < 4.78 is 19.2. The van der Waals surface area contributed by atoms with Crippen LogP contribution in [-0.2, 0) is 6.54 Å². The highest BCUT2D eigenvalue weighted by Crippen LogP contribution is 2.16. The van der Waals surface area contributed by atoms with Gasteiger partial charge in [0.2, 0.25) is 0 Å². The van der Waals surface area contributed by atoms with Crippen LogP contribution >= 0.6 is 0 Å². The van der Waals surface area contributed by atoms with Gasteiger partial charge in [0.25, 0.3) is 0 Å². The van der Waals surface area contributed by atoms with Crippen LogP contribution in [0.3, 0.4) is 0 Å². The average Bonchev–Trinajstić information content (AvgIpc) is 2.63. The third kappa shape index (κ3) is 6.37. The third-order valence-corrected chi connectivity index (χ3v) is 3.66. The number of rotatable bonds is 8. The summed E-state index contributed by atoms with van der Waals surface area (Å²) in [7, 11) is 0. The molecule has 0 aromatic heterocycles. The summed E-state index contributed by atoms with van der Waals surface area (Å²) in [5, 5.41) is 15.2. The zero-order chi connectivity index (χ0) is 18.9. The molecular weight excluding hydrogens is 335 g/mol. The second-order valence-corrected chi connectivity index (χ2v) is 6.45. The largest absolute Gasteiger partial charge is 0.493 e. The lowest BCUT2D eigenvalue weighted by Gasteiger charge is -2.14. The number of carbonyl (C=O) groups excluding carboxylic acids is 1. The third-order valence-electron chi connectivity index (χ3n) is 3.66. The Bertz CT molecular complexity index is 722. The number of amides is 2. The van der Waals surface area contributed by atoms with Crippen molar-refractivity contribution in [1.29, 1.82) is 0 Å². The summed E-state index contributed by atoms with van der Waals surface area (Å²) in [6, 6.07) is 13.0. The van der Waals surface area contributed by atoms with Crippen LogP contribution in [0.25, 0.3) is 0 Å². The van der Waals surface area contributed by atoms with Crippen molar-refractivity contribution < 1.29 is 19.0 Å². The summed E-state index contributed by atoms with van der Waals surface area (Å²) in [6.45, 7) is 5.02. The Kier molecular flexibility index (Phi) is 7.41. The minimum absolute atomic E-state index is 0.0791. The molecule has 5 nitrogen and oxygen atoms in total. The van der Waals surface area contributed by atoms with Crippen LogP contribution in [0, 0.1) is 11.7 Å². The number of benzene rings is 2. The molecule has 0 radical (unpaired) electrons. The topological polar surface area (TPSA) is 70.6 Å². The normalized spacial score (nSPS) is 11.9. The van der Waals surface area contributed by atoms with E-state index in [1.165, 1.54) is 12.1 Å². The molecule has 1 atom stereocenters. The quantitative estimate of drug-likeness (QED) is 0.676. The predicted molar refractivity (Wildman–Crippen MR) is 98.4 cm³/mol. The smallest absolute Gasteiger partial charge is 0.315 e. The van der Waals surface area contributed by atoms with Gasteiger partial charge in [-0.2, -0.15) is 0 Å². The Labute approximate surface area is 153 Å². The molecule has 26 heavy (non-hydrogen) atoms. The first-order valence-corrected chi connectivity index (χ1v) is 8.61. The minimum Gasteiger partial charge on any atom is -0.493 e. The number of aliphatic hydroxyl groups is 1. The van der Waals surface area contributed by atoms with Gasteiger partial charge in [0.05, 0.1) is 12.7 Å². The van der Waals surface area contributed by atoms with Gasteiger partial charge in [-0.1, -0.05) is 44.2 Å². The monoisotopic (exact) mass is 360 g/mol. The van der Waals surface area contributed by atoms with Crippen LogP contribution in [0.4, 0.5) is 9.18 Å². The highest BCUT2D eigenvalue weighted by atomic mass is 19.1. The van der Waals surface area contributed by atoms with Crippen LogP contribution < -0.4 is 15.4 Å². The molecule has 2 amide bonds. The van der Waals surface area contributed by atoms with Crippen LogP contribution in [-0.4, -0.2) is 24.3 Å². The van der Waals surface area contributed by atoms with Gasteiger partial charge in [0.1, 0.15) is 11.6 Å². The van der Waals surface area contributed by atoms with Gasteiger partial charge >= 0.3 is 6.03 Å². The summed E-state index contributed by atoms with van der Waals surface area (Å²) in [5.41, 5.74) is 1.05. The van der Waals surface area contributed by atoms with E-state index >= 15 is 0 Å². The van der Waals surface area contributed by atoms with E-state index in [1.54, 1.807) is 12.1 Å². The second-order valence-electron chi connectivity index (χ2n) is 6.45. The summed E-state index contributed by atoms with van der Waals surface area (Å²) in [4.78, 5) is 11.9. The Hall–Kier alpha value is -2.60. The number of hydrogen-bond acceptors (Lipinski definition) is 3. The van der Waals surface area contributed by atoms with Gasteiger partial charge in [-0.25, -0.2) is 9.18 Å². The van der Waals surface area contributed by atoms with Crippen LogP contribution in [0.15, 0.2) is 48.5 Å². The molecule has 2 aromatic carbocycles. The SMILES string of the molecule is CC(C)COc1cccc(CNC(=O)NCC(O)c2ccccc2F)c1. The van der Waals surface area contributed by atoms with E-state index in [-0.39, 0.29) is 12.1 Å². The zero-order valence-corrected chi connectivity index (χ0v) is 15.0. The number of ether oxygens (including phenoxy) is 1. The number of halogens is 1. The Morgan fingerprint density at radius 3 is 2.65 bits per heavy atom. The molecule has 3 N–H and O–H groups in total. The van der Waals surface area contributed by atoms with Crippen molar-refractivity contribution in [1.82, 2.24) is 10.6 Å². The molecule has 0 aliphatic carbocycles. The fourth-order valence-corrected chi connectivity index (χ4v) is 2.30. The van der Waals surface area contributed by atoms with E-state index in [1.807, 2.05) is 24.3 Å². The average molecular weight is 360 g/mol. The first kappa shape index (κ1) is 19.7. The van der Waals surface area contributed by atoms with E-state index < -0.39 is 18.0 Å². The van der Waals surface area contributed by atoms with Gasteiger partial charge < -0.3 is 20.5 Å². The van der Waals surface area contributed by atoms with Crippen molar-refractivity contribution in [2.45, 2.75) is 26.5 Å². The maximum absolute atomic E-state index is 13.6. The predicted octanol–water partition coefficient (Wildman–Crippen LogP) is 3.39. The maximum atomic E-state index is 13.6. The zero-order valence-electron chi connectivity index (χ0n) is 15.0. The lowest BCUT2D eigenvalue weighted by Crippen LogP contribution is -2.37. The van der Waals surface area contributed by atoms with Crippen molar-refractivity contribution in [3.8, 4) is 5.75 Å². The molecule has 0 spiro atoms. The minimum atomic E-state index is -1.10. The molecule has 0 saturated carbocycles. The molecule has 0 saturated heterocycles. The molecule has 1 unspecified atom stereocenters. The molecule has 6 heteroatoms. The summed E-state index contributed by atoms with van der Waals surface area (Å²) in [5.74, 6) is 0.692.